The maximum Gasteiger partial charge on any atom is 0.436 e. The van der Waals surface area contributed by atoms with Gasteiger partial charge in [-0.05, 0) is 32.8 Å². The zero-order chi connectivity index (χ0) is 10.8. The van der Waals surface area contributed by atoms with Crippen molar-refractivity contribution in [3.05, 3.63) is 18.0 Å². The Hall–Kier alpha value is -1.76. The summed E-state index contributed by atoms with van der Waals surface area (Å²) in [7, 11) is 0. The molecule has 0 aliphatic rings. The van der Waals surface area contributed by atoms with E-state index in [1.165, 1.54) is 6.20 Å². The van der Waals surface area contributed by atoms with Gasteiger partial charge in [-0.2, -0.15) is 9.78 Å². The van der Waals surface area contributed by atoms with Gasteiger partial charge in [0.15, 0.2) is 0 Å². The third-order valence-electron chi connectivity index (χ3n) is 1.36. The molecule has 1 aromatic heterocycles. The van der Waals surface area contributed by atoms with Crippen molar-refractivity contribution in [2.75, 3.05) is 0 Å². The lowest BCUT2D eigenvalue weighted by molar-refractivity contribution is 0.0513. The summed E-state index contributed by atoms with van der Waals surface area (Å²) in [6, 6.07) is 1.57. The third kappa shape index (κ3) is 2.36. The summed E-state index contributed by atoms with van der Waals surface area (Å²) < 4.78 is 6.15. The van der Waals surface area contributed by atoms with Crippen LogP contribution in [0.3, 0.4) is 0 Å². The Morgan fingerprint density at radius 1 is 1.64 bits per heavy atom. The van der Waals surface area contributed by atoms with E-state index in [0.29, 0.717) is 5.69 Å². The highest BCUT2D eigenvalue weighted by atomic mass is 16.6. The van der Waals surface area contributed by atoms with Crippen LogP contribution in [0.2, 0.25) is 0 Å². The van der Waals surface area contributed by atoms with Gasteiger partial charge in [-0.3, -0.25) is 0 Å². The second kappa shape index (κ2) is 3.54. The van der Waals surface area contributed by atoms with Crippen LogP contribution in [0.4, 0.5) is 4.79 Å². The van der Waals surface area contributed by atoms with Gasteiger partial charge in [0.2, 0.25) is 0 Å². The molecule has 74 valence electrons. The zero-order valence-corrected chi connectivity index (χ0v) is 8.44. The quantitative estimate of drug-likeness (QED) is 0.587. The van der Waals surface area contributed by atoms with Crippen LogP contribution in [0.25, 0.3) is 0 Å². The van der Waals surface area contributed by atoms with Crippen molar-refractivity contribution in [3.63, 3.8) is 0 Å². The van der Waals surface area contributed by atoms with Crippen molar-refractivity contribution in [2.24, 2.45) is 0 Å². The minimum atomic E-state index is -0.560. The first-order valence-electron chi connectivity index (χ1n) is 4.18. The van der Waals surface area contributed by atoms with Crippen LogP contribution < -0.4 is 0 Å². The van der Waals surface area contributed by atoms with Crippen molar-refractivity contribution < 1.29 is 9.53 Å². The second-order valence-corrected chi connectivity index (χ2v) is 3.75. The number of carbonyl (C=O) groups is 1. The van der Waals surface area contributed by atoms with E-state index in [4.69, 9.17) is 11.2 Å². The highest BCUT2D eigenvalue weighted by Gasteiger charge is 2.19. The molecule has 1 aromatic rings. The van der Waals surface area contributed by atoms with Gasteiger partial charge in [-0.1, -0.05) is 0 Å². The lowest BCUT2D eigenvalue weighted by Crippen LogP contribution is -2.28. The largest absolute Gasteiger partial charge is 0.442 e. The molecule has 4 heteroatoms. The molecule has 0 fully saturated rings. The van der Waals surface area contributed by atoms with E-state index in [1.807, 2.05) is 0 Å². The number of nitrogens with zero attached hydrogens (tertiary/aromatic N) is 2. The van der Waals surface area contributed by atoms with Crippen LogP contribution in [0.5, 0.6) is 0 Å². The fourth-order valence-electron chi connectivity index (χ4n) is 0.863. The monoisotopic (exact) mass is 192 g/mol. The Morgan fingerprint density at radius 3 is 2.79 bits per heavy atom. The molecule has 0 saturated carbocycles. The molecule has 0 atom stereocenters. The van der Waals surface area contributed by atoms with Crippen molar-refractivity contribution in [1.29, 1.82) is 0 Å². The normalized spacial score (nSPS) is 10.7. The number of hydrogen-bond acceptors (Lipinski definition) is 3. The number of terminal acetylenes is 1. The highest BCUT2D eigenvalue weighted by Crippen LogP contribution is 2.09. The van der Waals surface area contributed by atoms with Crippen LogP contribution in [-0.2, 0) is 4.74 Å². The van der Waals surface area contributed by atoms with E-state index in [2.05, 4.69) is 11.0 Å². The molecule has 14 heavy (non-hydrogen) atoms. The molecule has 0 unspecified atom stereocenters. The molecule has 0 spiro atoms. The summed E-state index contributed by atoms with van der Waals surface area (Å²) >= 11 is 0. The molecule has 4 nitrogen and oxygen atoms in total. The van der Waals surface area contributed by atoms with E-state index in [-0.39, 0.29) is 0 Å². The van der Waals surface area contributed by atoms with Crippen LogP contribution >= 0.6 is 0 Å². The van der Waals surface area contributed by atoms with Gasteiger partial charge < -0.3 is 4.74 Å². The number of carbonyl (C=O) groups excluding carboxylic acids is 1. The SMILES string of the molecule is C#Cc1ccnn1C(=O)OC(C)(C)C. The maximum absolute atomic E-state index is 11.5. The fourth-order valence-corrected chi connectivity index (χ4v) is 0.863. The standard InChI is InChI=1S/C10H12N2O2/c1-5-8-6-7-11-12(8)9(13)14-10(2,3)4/h1,6-7H,2-4H3. The fraction of sp³-hybridized carbons (Fsp3) is 0.400. The Bertz CT molecular complexity index is 380. The summed E-state index contributed by atoms with van der Waals surface area (Å²) in [5.74, 6) is 2.34. The first-order valence-corrected chi connectivity index (χ1v) is 4.18. The minimum Gasteiger partial charge on any atom is -0.442 e. The van der Waals surface area contributed by atoms with Gasteiger partial charge in [0, 0.05) is 0 Å². The molecule has 1 rings (SSSR count). The highest BCUT2D eigenvalue weighted by molar-refractivity contribution is 5.71. The molecule has 0 bridgehead atoms. The molecule has 0 saturated heterocycles. The molecular formula is C10H12N2O2. The number of hydrogen-bond donors (Lipinski definition) is 0. The smallest absolute Gasteiger partial charge is 0.436 e. The lowest BCUT2D eigenvalue weighted by Gasteiger charge is -2.19. The summed E-state index contributed by atoms with van der Waals surface area (Å²) in [4.78, 5) is 11.5. The molecule has 0 aliphatic heterocycles. The molecular weight excluding hydrogens is 180 g/mol. The first-order chi connectivity index (χ1) is 6.44. The molecule has 0 aliphatic carbocycles. The van der Waals surface area contributed by atoms with E-state index in [0.717, 1.165) is 4.68 Å². The van der Waals surface area contributed by atoms with Crippen LogP contribution in [0, 0.1) is 12.3 Å². The summed E-state index contributed by atoms with van der Waals surface area (Å²) in [6.45, 7) is 5.35. The lowest BCUT2D eigenvalue weighted by atomic mass is 10.2. The van der Waals surface area contributed by atoms with Crippen molar-refractivity contribution in [3.8, 4) is 12.3 Å². The summed E-state index contributed by atoms with van der Waals surface area (Å²) in [6.07, 6.45) is 6.08. The molecule has 1 heterocycles. The number of aromatic nitrogens is 2. The van der Waals surface area contributed by atoms with Crippen molar-refractivity contribution in [2.45, 2.75) is 26.4 Å². The van der Waals surface area contributed by atoms with Gasteiger partial charge in [0.25, 0.3) is 0 Å². The van der Waals surface area contributed by atoms with Crippen molar-refractivity contribution in [1.82, 2.24) is 9.78 Å². The second-order valence-electron chi connectivity index (χ2n) is 3.75. The van der Waals surface area contributed by atoms with Crippen LogP contribution in [-0.4, -0.2) is 21.5 Å². The zero-order valence-electron chi connectivity index (χ0n) is 8.44. The Kier molecular flexibility index (Phi) is 2.61. The van der Waals surface area contributed by atoms with E-state index < -0.39 is 11.7 Å². The van der Waals surface area contributed by atoms with Crippen LogP contribution in [0.1, 0.15) is 26.5 Å². The Labute approximate surface area is 82.9 Å². The molecule has 0 aromatic carbocycles. The minimum absolute atomic E-state index is 0.388. The molecule has 0 amide bonds. The summed E-state index contributed by atoms with van der Waals surface area (Å²) in [5, 5.41) is 3.77. The van der Waals surface area contributed by atoms with E-state index in [9.17, 15) is 4.79 Å². The molecule has 0 N–H and O–H groups in total. The average Bonchev–Trinajstić information content (AvgIpc) is 2.47. The predicted molar refractivity (Wildman–Crippen MR) is 51.8 cm³/mol. The first kappa shape index (κ1) is 10.3. The number of rotatable bonds is 0. The van der Waals surface area contributed by atoms with E-state index in [1.54, 1.807) is 26.8 Å². The van der Waals surface area contributed by atoms with Gasteiger partial charge in [0.05, 0.1) is 6.20 Å². The van der Waals surface area contributed by atoms with Gasteiger partial charge in [0.1, 0.15) is 11.3 Å². The van der Waals surface area contributed by atoms with Gasteiger partial charge in [-0.25, -0.2) is 4.79 Å². The van der Waals surface area contributed by atoms with Crippen molar-refractivity contribution >= 4 is 6.09 Å². The molecule has 0 radical (unpaired) electrons. The number of ether oxygens (including phenoxy) is 1. The summed E-state index contributed by atoms with van der Waals surface area (Å²) in [5.41, 5.74) is -0.159. The van der Waals surface area contributed by atoms with Crippen LogP contribution in [0.15, 0.2) is 12.3 Å². The maximum atomic E-state index is 11.5. The van der Waals surface area contributed by atoms with Gasteiger partial charge in [-0.15, -0.1) is 6.42 Å². The Balaban J connectivity index is 2.86. The van der Waals surface area contributed by atoms with Gasteiger partial charge >= 0.3 is 6.09 Å². The predicted octanol–water partition coefficient (Wildman–Crippen LogP) is 1.65. The third-order valence-corrected chi connectivity index (χ3v) is 1.36. The Morgan fingerprint density at radius 2 is 2.29 bits per heavy atom. The topological polar surface area (TPSA) is 44.1 Å². The van der Waals surface area contributed by atoms with E-state index >= 15 is 0 Å². The average molecular weight is 192 g/mol.